The van der Waals surface area contributed by atoms with Crippen LogP contribution in [0.25, 0.3) is 0 Å². The summed E-state index contributed by atoms with van der Waals surface area (Å²) in [6.45, 7) is 3.39. The van der Waals surface area contributed by atoms with E-state index in [2.05, 4.69) is 22.9 Å². The number of halogens is 3. The highest BCUT2D eigenvalue weighted by atomic mass is 79.9. The molecule has 25 heavy (non-hydrogen) atoms. The van der Waals surface area contributed by atoms with Gasteiger partial charge in [0, 0.05) is 13.1 Å². The van der Waals surface area contributed by atoms with Crippen molar-refractivity contribution in [2.45, 2.75) is 52.0 Å². The molecule has 0 saturated carbocycles. The Balaban J connectivity index is 0.00000576. The lowest BCUT2D eigenvalue weighted by Gasteiger charge is -2.13. The Bertz CT molecular complexity index is 540. The van der Waals surface area contributed by atoms with Gasteiger partial charge < -0.3 is 10.6 Å². The maximum Gasteiger partial charge on any atom is 0.195 e. The minimum atomic E-state index is 0. The van der Waals surface area contributed by atoms with Crippen molar-refractivity contribution in [3.63, 3.8) is 0 Å². The SMILES string of the molecule is Br.CCCCCCCCNC(=N)NC(=N)NCc1ccc(Cl)c(Cl)c1. The summed E-state index contributed by atoms with van der Waals surface area (Å²) >= 11 is 11.8. The van der Waals surface area contributed by atoms with Crippen LogP contribution in [-0.4, -0.2) is 18.5 Å². The Kier molecular flexibility index (Phi) is 13.7. The molecule has 0 aromatic heterocycles. The Morgan fingerprint density at radius 1 is 0.920 bits per heavy atom. The third-order valence-corrected chi connectivity index (χ3v) is 4.27. The van der Waals surface area contributed by atoms with Gasteiger partial charge in [0.1, 0.15) is 0 Å². The van der Waals surface area contributed by atoms with E-state index in [9.17, 15) is 0 Å². The molecule has 0 amide bonds. The van der Waals surface area contributed by atoms with Crippen molar-refractivity contribution in [1.82, 2.24) is 16.0 Å². The second kappa shape index (κ2) is 14.2. The first kappa shape index (κ1) is 24.0. The van der Waals surface area contributed by atoms with E-state index in [-0.39, 0.29) is 28.9 Å². The summed E-state index contributed by atoms with van der Waals surface area (Å²) in [5, 5.41) is 25.1. The molecule has 0 spiro atoms. The highest BCUT2D eigenvalue weighted by Gasteiger charge is 2.02. The minimum Gasteiger partial charge on any atom is -0.356 e. The number of nitrogens with one attached hydrogen (secondary N) is 5. The van der Waals surface area contributed by atoms with Crippen LogP contribution >= 0.6 is 40.2 Å². The summed E-state index contributed by atoms with van der Waals surface area (Å²) < 4.78 is 0. The Morgan fingerprint density at radius 3 is 2.24 bits per heavy atom. The summed E-state index contributed by atoms with van der Waals surface area (Å²) in [4.78, 5) is 0. The summed E-state index contributed by atoms with van der Waals surface area (Å²) in [6, 6.07) is 5.32. The van der Waals surface area contributed by atoms with Gasteiger partial charge in [-0.2, -0.15) is 0 Å². The van der Waals surface area contributed by atoms with Crippen LogP contribution in [0.3, 0.4) is 0 Å². The molecular weight excluding hydrogens is 425 g/mol. The van der Waals surface area contributed by atoms with E-state index in [0.29, 0.717) is 16.6 Å². The fraction of sp³-hybridized carbons (Fsp3) is 0.529. The van der Waals surface area contributed by atoms with Gasteiger partial charge in [-0.1, -0.05) is 68.3 Å². The Hall–Kier alpha value is -0.980. The molecule has 1 aromatic carbocycles. The predicted molar refractivity (Wildman–Crippen MR) is 114 cm³/mol. The van der Waals surface area contributed by atoms with Gasteiger partial charge in [-0.25, -0.2) is 0 Å². The van der Waals surface area contributed by atoms with Crippen molar-refractivity contribution in [3.05, 3.63) is 33.8 Å². The molecule has 0 heterocycles. The number of hydrogen-bond acceptors (Lipinski definition) is 2. The number of benzene rings is 1. The van der Waals surface area contributed by atoms with Gasteiger partial charge in [-0.3, -0.25) is 16.1 Å². The molecule has 1 aromatic rings. The van der Waals surface area contributed by atoms with Crippen LogP contribution in [0.1, 0.15) is 51.0 Å². The van der Waals surface area contributed by atoms with Crippen LogP contribution < -0.4 is 16.0 Å². The largest absolute Gasteiger partial charge is 0.356 e. The van der Waals surface area contributed by atoms with Crippen molar-refractivity contribution in [2.75, 3.05) is 6.54 Å². The highest BCUT2D eigenvalue weighted by Crippen LogP contribution is 2.22. The van der Waals surface area contributed by atoms with E-state index < -0.39 is 0 Å². The summed E-state index contributed by atoms with van der Waals surface area (Å²) in [6.07, 6.45) is 7.30. The molecule has 5 nitrogen and oxygen atoms in total. The maximum atomic E-state index is 7.79. The van der Waals surface area contributed by atoms with Gasteiger partial charge in [0.2, 0.25) is 0 Å². The van der Waals surface area contributed by atoms with E-state index in [1.165, 1.54) is 32.1 Å². The van der Waals surface area contributed by atoms with E-state index in [4.69, 9.17) is 34.0 Å². The molecule has 0 bridgehead atoms. The first-order valence-electron chi connectivity index (χ1n) is 8.38. The monoisotopic (exact) mass is 451 g/mol. The van der Waals surface area contributed by atoms with E-state index >= 15 is 0 Å². The molecule has 0 aliphatic heterocycles. The zero-order chi connectivity index (χ0) is 17.8. The van der Waals surface area contributed by atoms with Gasteiger partial charge in [0.15, 0.2) is 11.9 Å². The zero-order valence-corrected chi connectivity index (χ0v) is 17.8. The molecule has 0 aliphatic rings. The normalized spacial score (nSPS) is 9.88. The van der Waals surface area contributed by atoms with Gasteiger partial charge in [0.25, 0.3) is 0 Å². The number of guanidine groups is 2. The molecule has 0 unspecified atom stereocenters. The van der Waals surface area contributed by atoms with Crippen LogP contribution in [-0.2, 0) is 6.54 Å². The smallest absolute Gasteiger partial charge is 0.195 e. The van der Waals surface area contributed by atoms with Crippen molar-refractivity contribution in [1.29, 1.82) is 10.8 Å². The average molecular weight is 453 g/mol. The molecule has 142 valence electrons. The second-order valence-corrected chi connectivity index (χ2v) is 6.49. The topological polar surface area (TPSA) is 83.8 Å². The molecule has 5 N–H and O–H groups in total. The Labute approximate surface area is 171 Å². The fourth-order valence-electron chi connectivity index (χ4n) is 2.17. The van der Waals surface area contributed by atoms with Crippen LogP contribution in [0, 0.1) is 10.8 Å². The first-order chi connectivity index (χ1) is 11.5. The first-order valence-corrected chi connectivity index (χ1v) is 9.14. The van der Waals surface area contributed by atoms with Gasteiger partial charge >= 0.3 is 0 Å². The molecule has 1 rings (SSSR count). The average Bonchev–Trinajstić information content (AvgIpc) is 2.55. The number of rotatable bonds is 9. The predicted octanol–water partition coefficient (Wildman–Crippen LogP) is 5.07. The standard InChI is InChI=1S/C17H27Cl2N5.BrH/c1-2-3-4-5-6-7-10-22-16(20)24-17(21)23-12-13-8-9-14(18)15(19)11-13;/h8-9,11H,2-7,10,12H2,1H3,(H5,20,21,22,23,24);1H. The number of unbranched alkanes of at least 4 members (excludes halogenated alkanes) is 5. The quantitative estimate of drug-likeness (QED) is 0.206. The third kappa shape index (κ3) is 11.3. The fourth-order valence-corrected chi connectivity index (χ4v) is 2.49. The molecule has 0 atom stereocenters. The lowest BCUT2D eigenvalue weighted by atomic mass is 10.1. The molecular formula is C17H28BrCl2N5. The lowest BCUT2D eigenvalue weighted by molar-refractivity contribution is 0.600. The maximum absolute atomic E-state index is 7.79. The molecule has 0 fully saturated rings. The van der Waals surface area contributed by atoms with E-state index in [1.807, 2.05) is 6.07 Å². The summed E-state index contributed by atoms with van der Waals surface area (Å²) in [5.41, 5.74) is 0.919. The summed E-state index contributed by atoms with van der Waals surface area (Å²) in [5.74, 6) is 0.205. The van der Waals surface area contributed by atoms with Gasteiger partial charge in [-0.15, -0.1) is 17.0 Å². The van der Waals surface area contributed by atoms with Crippen molar-refractivity contribution in [3.8, 4) is 0 Å². The van der Waals surface area contributed by atoms with Gasteiger partial charge in [0.05, 0.1) is 10.0 Å². The van der Waals surface area contributed by atoms with Crippen molar-refractivity contribution >= 4 is 52.1 Å². The highest BCUT2D eigenvalue weighted by molar-refractivity contribution is 8.93. The number of hydrogen-bond donors (Lipinski definition) is 5. The minimum absolute atomic E-state index is 0. The van der Waals surface area contributed by atoms with E-state index in [0.717, 1.165) is 18.5 Å². The molecule has 0 aliphatic carbocycles. The lowest BCUT2D eigenvalue weighted by Crippen LogP contribution is -2.45. The molecule has 8 heteroatoms. The van der Waals surface area contributed by atoms with Crippen molar-refractivity contribution < 1.29 is 0 Å². The van der Waals surface area contributed by atoms with Crippen LogP contribution in [0.15, 0.2) is 18.2 Å². The summed E-state index contributed by atoms with van der Waals surface area (Å²) in [7, 11) is 0. The molecule has 0 radical (unpaired) electrons. The van der Waals surface area contributed by atoms with Crippen LogP contribution in [0.4, 0.5) is 0 Å². The van der Waals surface area contributed by atoms with Crippen molar-refractivity contribution in [2.24, 2.45) is 0 Å². The second-order valence-electron chi connectivity index (χ2n) is 5.67. The van der Waals surface area contributed by atoms with Crippen LogP contribution in [0.2, 0.25) is 10.0 Å². The zero-order valence-electron chi connectivity index (χ0n) is 14.6. The van der Waals surface area contributed by atoms with Crippen LogP contribution in [0.5, 0.6) is 0 Å². The van der Waals surface area contributed by atoms with E-state index in [1.54, 1.807) is 12.1 Å². The Morgan fingerprint density at radius 2 is 1.56 bits per heavy atom. The third-order valence-electron chi connectivity index (χ3n) is 3.54. The molecule has 0 saturated heterocycles. The van der Waals surface area contributed by atoms with Gasteiger partial charge in [-0.05, 0) is 24.1 Å².